The van der Waals surface area contributed by atoms with Gasteiger partial charge < -0.3 is 9.47 Å². The second-order valence-corrected chi connectivity index (χ2v) is 7.38. The van der Waals surface area contributed by atoms with Crippen LogP contribution in [0, 0.1) is 0 Å². The van der Waals surface area contributed by atoms with E-state index in [0.29, 0.717) is 21.6 Å². The monoisotopic (exact) mass is 432 g/mol. The van der Waals surface area contributed by atoms with Gasteiger partial charge in [-0.25, -0.2) is 4.99 Å². The Morgan fingerprint density at radius 2 is 1.85 bits per heavy atom. The van der Waals surface area contributed by atoms with Gasteiger partial charge in [0.05, 0.1) is 24.8 Å². The number of ether oxygens (including phenoxy) is 2. The maximum atomic E-state index is 12.6. The van der Waals surface area contributed by atoms with Gasteiger partial charge in [0.1, 0.15) is 11.5 Å². The van der Waals surface area contributed by atoms with Crippen LogP contribution in [0.3, 0.4) is 0 Å². The zero-order valence-electron chi connectivity index (χ0n) is 14.5. The third-order valence-corrected chi connectivity index (χ3v) is 5.37. The minimum atomic E-state index is -0.0938. The zero-order valence-corrected chi connectivity index (χ0v) is 16.9. The van der Waals surface area contributed by atoms with E-state index in [1.165, 1.54) is 11.8 Å². The van der Waals surface area contributed by atoms with Crippen LogP contribution >= 0.6 is 27.7 Å². The first-order valence-electron chi connectivity index (χ1n) is 7.75. The number of benzene rings is 2. The molecule has 2 aromatic rings. The molecular weight excluding hydrogens is 416 g/mol. The van der Waals surface area contributed by atoms with E-state index < -0.39 is 0 Å². The SMILES string of the molecule is COc1ccc(/C=C2/SC(=Nc3ccc(Br)cc3)N(C)C2=O)c(OC)c1. The second-order valence-electron chi connectivity index (χ2n) is 5.45. The molecule has 26 heavy (non-hydrogen) atoms. The molecular formula is C19H17BrN2O3S. The van der Waals surface area contributed by atoms with Crippen LogP contribution in [0.5, 0.6) is 11.5 Å². The highest BCUT2D eigenvalue weighted by Crippen LogP contribution is 2.35. The highest BCUT2D eigenvalue weighted by molar-refractivity contribution is 9.10. The molecule has 0 aliphatic carbocycles. The van der Waals surface area contributed by atoms with Crippen LogP contribution in [0.4, 0.5) is 5.69 Å². The molecule has 7 heteroatoms. The zero-order chi connectivity index (χ0) is 18.7. The van der Waals surface area contributed by atoms with Gasteiger partial charge in [0.25, 0.3) is 5.91 Å². The Bertz CT molecular complexity index is 894. The molecule has 3 rings (SSSR count). The third kappa shape index (κ3) is 3.94. The minimum absolute atomic E-state index is 0.0938. The average molecular weight is 433 g/mol. The number of carbonyl (C=O) groups is 1. The topological polar surface area (TPSA) is 51.1 Å². The molecule has 1 aliphatic heterocycles. The van der Waals surface area contributed by atoms with Crippen molar-refractivity contribution in [2.45, 2.75) is 0 Å². The molecule has 0 atom stereocenters. The van der Waals surface area contributed by atoms with E-state index in [4.69, 9.17) is 9.47 Å². The smallest absolute Gasteiger partial charge is 0.266 e. The summed E-state index contributed by atoms with van der Waals surface area (Å²) >= 11 is 4.74. The van der Waals surface area contributed by atoms with Crippen LogP contribution in [-0.2, 0) is 4.79 Å². The summed E-state index contributed by atoms with van der Waals surface area (Å²) in [7, 11) is 4.91. The van der Waals surface area contributed by atoms with E-state index in [9.17, 15) is 4.79 Å². The number of amidine groups is 1. The van der Waals surface area contributed by atoms with E-state index >= 15 is 0 Å². The van der Waals surface area contributed by atoms with Gasteiger partial charge in [0.2, 0.25) is 0 Å². The van der Waals surface area contributed by atoms with Gasteiger partial charge in [-0.2, -0.15) is 0 Å². The Balaban J connectivity index is 1.91. The Labute approximate surface area is 164 Å². The molecule has 0 radical (unpaired) electrons. The average Bonchev–Trinajstić information content (AvgIpc) is 2.92. The number of methoxy groups -OCH3 is 2. The Morgan fingerprint density at radius 3 is 2.50 bits per heavy atom. The van der Waals surface area contributed by atoms with Crippen LogP contribution in [0.15, 0.2) is 56.8 Å². The molecule has 0 spiro atoms. The van der Waals surface area contributed by atoms with E-state index in [1.807, 2.05) is 42.5 Å². The van der Waals surface area contributed by atoms with Crippen molar-refractivity contribution in [2.75, 3.05) is 21.3 Å². The van der Waals surface area contributed by atoms with Crippen molar-refractivity contribution in [1.82, 2.24) is 4.90 Å². The molecule has 1 fully saturated rings. The van der Waals surface area contributed by atoms with Crippen molar-refractivity contribution in [3.05, 3.63) is 57.4 Å². The molecule has 0 N–H and O–H groups in total. The van der Waals surface area contributed by atoms with Crippen LogP contribution in [0.2, 0.25) is 0 Å². The first-order valence-corrected chi connectivity index (χ1v) is 9.36. The van der Waals surface area contributed by atoms with Crippen LogP contribution in [-0.4, -0.2) is 37.2 Å². The molecule has 5 nitrogen and oxygen atoms in total. The van der Waals surface area contributed by atoms with Crippen molar-refractivity contribution < 1.29 is 14.3 Å². The van der Waals surface area contributed by atoms with Crippen molar-refractivity contribution in [3.63, 3.8) is 0 Å². The minimum Gasteiger partial charge on any atom is -0.497 e. The fourth-order valence-corrected chi connectivity index (χ4v) is 3.60. The summed E-state index contributed by atoms with van der Waals surface area (Å²) in [4.78, 5) is 19.3. The van der Waals surface area contributed by atoms with Crippen molar-refractivity contribution in [2.24, 2.45) is 4.99 Å². The van der Waals surface area contributed by atoms with E-state index in [-0.39, 0.29) is 5.91 Å². The van der Waals surface area contributed by atoms with Crippen LogP contribution < -0.4 is 9.47 Å². The summed E-state index contributed by atoms with van der Waals surface area (Å²) in [5.41, 5.74) is 1.60. The molecule has 0 aromatic heterocycles. The van der Waals surface area contributed by atoms with Gasteiger partial charge in [0.15, 0.2) is 5.17 Å². The maximum absolute atomic E-state index is 12.6. The van der Waals surface area contributed by atoms with Gasteiger partial charge in [-0.3, -0.25) is 9.69 Å². The lowest BCUT2D eigenvalue weighted by Crippen LogP contribution is -2.23. The molecule has 1 amide bonds. The van der Waals surface area contributed by atoms with Gasteiger partial charge >= 0.3 is 0 Å². The van der Waals surface area contributed by atoms with Crippen LogP contribution in [0.1, 0.15) is 5.56 Å². The van der Waals surface area contributed by atoms with Crippen molar-refractivity contribution >= 4 is 50.5 Å². The highest BCUT2D eigenvalue weighted by atomic mass is 79.9. The van der Waals surface area contributed by atoms with E-state index in [2.05, 4.69) is 20.9 Å². The normalized spacial score (nSPS) is 17.2. The summed E-state index contributed by atoms with van der Waals surface area (Å²) < 4.78 is 11.6. The summed E-state index contributed by atoms with van der Waals surface area (Å²) in [6, 6.07) is 13.1. The number of hydrogen-bond acceptors (Lipinski definition) is 5. The molecule has 134 valence electrons. The number of amides is 1. The summed E-state index contributed by atoms with van der Waals surface area (Å²) in [5.74, 6) is 1.25. The Kier molecular flexibility index (Phi) is 5.68. The number of thioether (sulfide) groups is 1. The maximum Gasteiger partial charge on any atom is 0.266 e. The number of nitrogens with zero attached hydrogens (tertiary/aromatic N) is 2. The molecule has 1 saturated heterocycles. The third-order valence-electron chi connectivity index (χ3n) is 3.78. The molecule has 2 aromatic carbocycles. The number of rotatable bonds is 4. The van der Waals surface area contributed by atoms with Gasteiger partial charge in [-0.1, -0.05) is 15.9 Å². The van der Waals surface area contributed by atoms with Crippen molar-refractivity contribution in [1.29, 1.82) is 0 Å². The predicted molar refractivity (Wildman–Crippen MR) is 109 cm³/mol. The number of hydrogen-bond donors (Lipinski definition) is 0. The Morgan fingerprint density at radius 1 is 1.12 bits per heavy atom. The fourth-order valence-electron chi connectivity index (χ4n) is 2.36. The van der Waals surface area contributed by atoms with Gasteiger partial charge in [0, 0.05) is 23.2 Å². The lowest BCUT2D eigenvalue weighted by Gasteiger charge is -2.08. The molecule has 1 heterocycles. The fraction of sp³-hybridized carbons (Fsp3) is 0.158. The summed E-state index contributed by atoms with van der Waals surface area (Å²) in [6.07, 6.45) is 1.81. The number of halogens is 1. The first kappa shape index (κ1) is 18.5. The van der Waals surface area contributed by atoms with Crippen LogP contribution in [0.25, 0.3) is 6.08 Å². The van der Waals surface area contributed by atoms with Crippen molar-refractivity contribution in [3.8, 4) is 11.5 Å². The highest BCUT2D eigenvalue weighted by Gasteiger charge is 2.30. The van der Waals surface area contributed by atoms with E-state index in [1.54, 1.807) is 32.2 Å². The lowest BCUT2D eigenvalue weighted by molar-refractivity contribution is -0.121. The van der Waals surface area contributed by atoms with E-state index in [0.717, 1.165) is 15.7 Å². The Hall–Kier alpha value is -2.25. The molecule has 1 aliphatic rings. The summed E-state index contributed by atoms with van der Waals surface area (Å²) in [5, 5.41) is 0.635. The lowest BCUT2D eigenvalue weighted by atomic mass is 10.1. The standard InChI is InChI=1S/C19H17BrN2O3S/c1-22-18(23)17(10-12-4-9-15(24-2)11-16(12)25-3)26-19(22)21-14-7-5-13(20)6-8-14/h4-11H,1-3H3/b17-10+,21-19?. The quantitative estimate of drug-likeness (QED) is 0.656. The number of likely N-dealkylation sites (N-methyl/N-ethyl adjacent to an activating group) is 1. The van der Waals surface area contributed by atoms with Gasteiger partial charge in [-0.15, -0.1) is 0 Å². The largest absolute Gasteiger partial charge is 0.497 e. The summed E-state index contributed by atoms with van der Waals surface area (Å²) in [6.45, 7) is 0. The molecule has 0 unspecified atom stereocenters. The second kappa shape index (κ2) is 7.97. The number of carbonyl (C=O) groups excluding carboxylic acids is 1. The molecule has 0 saturated carbocycles. The molecule has 0 bridgehead atoms. The van der Waals surface area contributed by atoms with Gasteiger partial charge in [-0.05, 0) is 54.2 Å². The first-order chi connectivity index (χ1) is 12.5. The predicted octanol–water partition coefficient (Wildman–Crippen LogP) is 4.70. The number of aliphatic imine (C=N–C) groups is 1.